The van der Waals surface area contributed by atoms with Crippen molar-refractivity contribution in [1.82, 2.24) is 9.88 Å². The van der Waals surface area contributed by atoms with Gasteiger partial charge in [0.25, 0.3) is 5.69 Å². The van der Waals surface area contributed by atoms with Crippen LogP contribution in [-0.4, -0.2) is 18.5 Å². The largest absolute Gasteiger partial charge is 0.360 e. The number of nitrogens with one attached hydrogen (secondary N) is 2. The van der Waals surface area contributed by atoms with Gasteiger partial charge in [-0.15, -0.1) is 0 Å². The fraction of sp³-hybridized carbons (Fsp3) is 0.100. The van der Waals surface area contributed by atoms with Crippen LogP contribution in [0.2, 0.25) is 0 Å². The van der Waals surface area contributed by atoms with Gasteiger partial charge in [-0.1, -0.05) is 5.16 Å². The van der Waals surface area contributed by atoms with E-state index in [1.54, 1.807) is 0 Å². The standard InChI is InChI=1S/C10H11N5O5S/c11-14-9-5-8(1-2-10(9)15(16)17)21(18,19)13-6-7-3-4-12-20-7/h1-5,13-14H,6,11H2. The number of nitro groups is 1. The summed E-state index contributed by atoms with van der Waals surface area (Å²) in [6.07, 6.45) is 1.38. The third kappa shape index (κ3) is 3.34. The number of hydrogen-bond acceptors (Lipinski definition) is 8. The van der Waals surface area contributed by atoms with Gasteiger partial charge in [-0.2, -0.15) is 0 Å². The summed E-state index contributed by atoms with van der Waals surface area (Å²) in [7, 11) is -3.87. The molecule has 11 heteroatoms. The van der Waals surface area contributed by atoms with E-state index >= 15 is 0 Å². The molecule has 1 aromatic heterocycles. The molecule has 112 valence electrons. The first-order valence-corrected chi connectivity index (χ1v) is 7.06. The molecule has 0 fully saturated rings. The molecule has 4 N–H and O–H groups in total. The van der Waals surface area contributed by atoms with Crippen molar-refractivity contribution in [2.45, 2.75) is 11.4 Å². The Morgan fingerprint density at radius 2 is 2.14 bits per heavy atom. The van der Waals surface area contributed by atoms with Gasteiger partial charge in [0.15, 0.2) is 5.76 Å². The first kappa shape index (κ1) is 14.9. The zero-order valence-corrected chi connectivity index (χ0v) is 11.3. The van der Waals surface area contributed by atoms with E-state index in [1.165, 1.54) is 12.3 Å². The van der Waals surface area contributed by atoms with E-state index in [2.05, 4.69) is 15.3 Å². The molecule has 0 atom stereocenters. The second-order valence-electron chi connectivity index (χ2n) is 3.88. The molecular formula is C10H11N5O5S. The van der Waals surface area contributed by atoms with Crippen LogP contribution >= 0.6 is 0 Å². The summed E-state index contributed by atoms with van der Waals surface area (Å²) < 4.78 is 31.2. The number of nitrogens with zero attached hydrogens (tertiary/aromatic N) is 2. The fourth-order valence-electron chi connectivity index (χ4n) is 1.54. The van der Waals surface area contributed by atoms with E-state index in [4.69, 9.17) is 10.4 Å². The lowest BCUT2D eigenvalue weighted by molar-refractivity contribution is -0.384. The highest BCUT2D eigenvalue weighted by molar-refractivity contribution is 7.89. The molecule has 0 bridgehead atoms. The van der Waals surface area contributed by atoms with Gasteiger partial charge in [-0.3, -0.25) is 16.0 Å². The predicted molar refractivity (Wildman–Crippen MR) is 71.4 cm³/mol. The fourth-order valence-corrected chi connectivity index (χ4v) is 2.56. The van der Waals surface area contributed by atoms with Gasteiger partial charge >= 0.3 is 0 Å². The lowest BCUT2D eigenvalue weighted by Crippen LogP contribution is -2.23. The SMILES string of the molecule is NNc1cc(S(=O)(=O)NCc2ccno2)ccc1[N+](=O)[O-]. The Labute approximate surface area is 119 Å². The molecule has 0 unspecified atom stereocenters. The number of nitrogen functional groups attached to an aromatic ring is 1. The van der Waals surface area contributed by atoms with Crippen LogP contribution in [0.15, 0.2) is 39.9 Å². The molecule has 0 radical (unpaired) electrons. The highest BCUT2D eigenvalue weighted by atomic mass is 32.2. The number of anilines is 1. The van der Waals surface area contributed by atoms with Crippen LogP contribution in [-0.2, 0) is 16.6 Å². The maximum absolute atomic E-state index is 12.1. The second-order valence-corrected chi connectivity index (χ2v) is 5.65. The van der Waals surface area contributed by atoms with Crippen LogP contribution < -0.4 is 16.0 Å². The van der Waals surface area contributed by atoms with Gasteiger partial charge in [-0.05, 0) is 12.1 Å². The minimum Gasteiger partial charge on any atom is -0.360 e. The number of aromatic nitrogens is 1. The lowest BCUT2D eigenvalue weighted by atomic mass is 10.3. The van der Waals surface area contributed by atoms with Crippen LogP contribution in [0.25, 0.3) is 0 Å². The highest BCUT2D eigenvalue weighted by Crippen LogP contribution is 2.26. The van der Waals surface area contributed by atoms with Crippen LogP contribution in [0, 0.1) is 10.1 Å². The van der Waals surface area contributed by atoms with E-state index in [0.717, 1.165) is 18.2 Å². The molecule has 0 aliphatic carbocycles. The third-order valence-electron chi connectivity index (χ3n) is 2.56. The average Bonchev–Trinajstić information content (AvgIpc) is 2.97. The number of hydrogen-bond donors (Lipinski definition) is 3. The Morgan fingerprint density at radius 1 is 1.38 bits per heavy atom. The third-order valence-corrected chi connectivity index (χ3v) is 3.96. The Kier molecular flexibility index (Phi) is 4.16. The molecule has 0 saturated carbocycles. The number of hydrazine groups is 1. The maximum Gasteiger partial charge on any atom is 0.293 e. The van der Waals surface area contributed by atoms with Crippen LogP contribution in [0.3, 0.4) is 0 Å². The van der Waals surface area contributed by atoms with Crippen molar-refractivity contribution in [2.24, 2.45) is 5.84 Å². The Balaban J connectivity index is 2.25. The number of rotatable bonds is 6. The van der Waals surface area contributed by atoms with Gasteiger partial charge < -0.3 is 9.95 Å². The number of nitrogens with two attached hydrogens (primary N) is 1. The highest BCUT2D eigenvalue weighted by Gasteiger charge is 2.20. The van der Waals surface area contributed by atoms with Crippen LogP contribution in [0.5, 0.6) is 0 Å². The Morgan fingerprint density at radius 3 is 2.71 bits per heavy atom. The van der Waals surface area contributed by atoms with Gasteiger partial charge in [-0.25, -0.2) is 13.1 Å². The van der Waals surface area contributed by atoms with Crippen LogP contribution in [0.4, 0.5) is 11.4 Å². The molecule has 0 saturated heterocycles. The molecular weight excluding hydrogens is 302 g/mol. The average molecular weight is 313 g/mol. The van der Waals surface area contributed by atoms with Crippen molar-refractivity contribution in [1.29, 1.82) is 0 Å². The summed E-state index contributed by atoms with van der Waals surface area (Å²) >= 11 is 0. The van der Waals surface area contributed by atoms with Crippen molar-refractivity contribution < 1.29 is 17.9 Å². The normalized spacial score (nSPS) is 11.3. The van der Waals surface area contributed by atoms with E-state index in [0.29, 0.717) is 5.76 Å². The van der Waals surface area contributed by atoms with Crippen LogP contribution in [0.1, 0.15) is 5.76 Å². The summed E-state index contributed by atoms with van der Waals surface area (Å²) in [4.78, 5) is 9.91. The smallest absolute Gasteiger partial charge is 0.293 e. The van der Waals surface area contributed by atoms with E-state index < -0.39 is 14.9 Å². The first-order valence-electron chi connectivity index (χ1n) is 5.58. The van der Waals surface area contributed by atoms with E-state index in [1.807, 2.05) is 0 Å². The van der Waals surface area contributed by atoms with E-state index in [9.17, 15) is 18.5 Å². The molecule has 1 heterocycles. The van der Waals surface area contributed by atoms with Crippen molar-refractivity contribution in [3.05, 3.63) is 46.3 Å². The molecule has 21 heavy (non-hydrogen) atoms. The summed E-state index contributed by atoms with van der Waals surface area (Å²) in [6, 6.07) is 4.74. The first-order chi connectivity index (χ1) is 9.94. The minimum atomic E-state index is -3.87. The van der Waals surface area contributed by atoms with Crippen molar-refractivity contribution in [2.75, 3.05) is 5.43 Å². The minimum absolute atomic E-state index is 0.0926. The van der Waals surface area contributed by atoms with E-state index in [-0.39, 0.29) is 22.8 Å². The van der Waals surface area contributed by atoms with Crippen molar-refractivity contribution in [3.63, 3.8) is 0 Å². The molecule has 2 rings (SSSR count). The lowest BCUT2D eigenvalue weighted by Gasteiger charge is -2.07. The quantitative estimate of drug-likeness (QED) is 0.392. The molecule has 0 aliphatic rings. The van der Waals surface area contributed by atoms with Crippen molar-refractivity contribution in [3.8, 4) is 0 Å². The molecule has 0 spiro atoms. The van der Waals surface area contributed by atoms with Gasteiger partial charge in [0.1, 0.15) is 5.69 Å². The number of benzene rings is 1. The maximum atomic E-state index is 12.1. The predicted octanol–water partition coefficient (Wildman–Crippen LogP) is 0.347. The van der Waals surface area contributed by atoms with Crippen molar-refractivity contribution >= 4 is 21.4 Å². The second kappa shape index (κ2) is 5.87. The topological polar surface area (TPSA) is 153 Å². The number of nitro benzene ring substituents is 1. The molecule has 0 aliphatic heterocycles. The summed E-state index contributed by atoms with van der Waals surface area (Å²) in [5.74, 6) is 5.49. The monoisotopic (exact) mass is 313 g/mol. The van der Waals surface area contributed by atoms with Gasteiger partial charge in [0.05, 0.1) is 22.6 Å². The Hall–Kier alpha value is -2.50. The molecule has 10 nitrogen and oxygen atoms in total. The summed E-state index contributed by atoms with van der Waals surface area (Å²) in [6.45, 7) is -0.0926. The molecule has 0 amide bonds. The summed E-state index contributed by atoms with van der Waals surface area (Å²) in [5.41, 5.74) is 1.66. The molecule has 2 aromatic rings. The number of sulfonamides is 1. The zero-order chi connectivity index (χ0) is 15.5. The summed E-state index contributed by atoms with van der Waals surface area (Å²) in [5, 5.41) is 14.2. The Bertz CT molecular complexity index is 743. The van der Waals surface area contributed by atoms with Gasteiger partial charge in [0, 0.05) is 12.1 Å². The zero-order valence-electron chi connectivity index (χ0n) is 10.5. The van der Waals surface area contributed by atoms with Gasteiger partial charge in [0.2, 0.25) is 10.0 Å². The molecule has 1 aromatic carbocycles.